The molecular weight excluding hydrogens is 312 g/mol. The Morgan fingerprint density at radius 2 is 1.78 bits per heavy atom. The van der Waals surface area contributed by atoms with Crippen molar-refractivity contribution in [2.24, 2.45) is 0 Å². The van der Waals surface area contributed by atoms with Crippen molar-refractivity contribution in [1.29, 1.82) is 0 Å². The van der Waals surface area contributed by atoms with Gasteiger partial charge in [0.05, 0.1) is 16.6 Å². The van der Waals surface area contributed by atoms with Crippen LogP contribution in [-0.4, -0.2) is 9.97 Å². The molecule has 0 radical (unpaired) electrons. The van der Waals surface area contributed by atoms with Crippen LogP contribution >= 0.6 is 0 Å². The lowest BCUT2D eigenvalue weighted by molar-refractivity contribution is -0.139. The van der Waals surface area contributed by atoms with Crippen molar-refractivity contribution in [1.82, 2.24) is 9.97 Å². The molecule has 0 aliphatic carbocycles. The van der Waals surface area contributed by atoms with E-state index in [0.717, 1.165) is 6.07 Å². The molecular formula is C16H10F4N2O. The Bertz CT molecular complexity index is 946. The fourth-order valence-electron chi connectivity index (χ4n) is 2.49. The number of fused-ring (bicyclic) bond motifs is 1. The molecule has 0 aliphatic rings. The van der Waals surface area contributed by atoms with Gasteiger partial charge in [-0.15, -0.1) is 0 Å². The summed E-state index contributed by atoms with van der Waals surface area (Å²) in [5, 5.41) is -0.282. The number of nitrogens with zero attached hydrogens (tertiary/aromatic N) is 1. The monoisotopic (exact) mass is 322 g/mol. The standard InChI is InChI=1S/C16H10F4N2O/c1-8-7-10(23)11-13(9-5-3-2-4-6-9)22-15(17)12(14(11)21-8)16(18,19)20/h2-7H,1H3,(H,21,23). The Balaban J connectivity index is 2.53. The molecule has 0 spiro atoms. The van der Waals surface area contributed by atoms with Gasteiger partial charge in [0.25, 0.3) is 0 Å². The number of hydrogen-bond acceptors (Lipinski definition) is 2. The highest BCUT2D eigenvalue weighted by Gasteiger charge is 2.39. The Labute approximate surface area is 127 Å². The quantitative estimate of drug-likeness (QED) is 0.542. The van der Waals surface area contributed by atoms with Crippen LogP contribution in [0.1, 0.15) is 11.3 Å². The summed E-state index contributed by atoms with van der Waals surface area (Å²) in [6.45, 7) is 1.43. The van der Waals surface area contributed by atoms with Crippen molar-refractivity contribution in [3.05, 3.63) is 63.8 Å². The van der Waals surface area contributed by atoms with Crippen molar-refractivity contribution in [3.63, 3.8) is 0 Å². The van der Waals surface area contributed by atoms with Gasteiger partial charge in [0.1, 0.15) is 5.56 Å². The molecule has 0 aliphatic heterocycles. The second kappa shape index (κ2) is 5.19. The van der Waals surface area contributed by atoms with Crippen LogP contribution in [-0.2, 0) is 6.18 Å². The van der Waals surface area contributed by atoms with E-state index < -0.39 is 28.6 Å². The van der Waals surface area contributed by atoms with Crippen LogP contribution in [0, 0.1) is 12.9 Å². The van der Waals surface area contributed by atoms with Crippen LogP contribution in [0.25, 0.3) is 22.2 Å². The number of H-pyrrole nitrogens is 1. The first kappa shape index (κ1) is 15.2. The van der Waals surface area contributed by atoms with Crippen molar-refractivity contribution < 1.29 is 17.6 Å². The molecule has 3 rings (SSSR count). The largest absolute Gasteiger partial charge is 0.422 e. The number of aromatic nitrogens is 2. The smallest absolute Gasteiger partial charge is 0.358 e. The number of aromatic amines is 1. The van der Waals surface area contributed by atoms with E-state index in [0.29, 0.717) is 5.56 Å². The summed E-state index contributed by atoms with van der Waals surface area (Å²) in [7, 11) is 0. The zero-order chi connectivity index (χ0) is 16.8. The molecule has 0 bridgehead atoms. The molecule has 0 saturated heterocycles. The number of pyridine rings is 2. The van der Waals surface area contributed by atoms with E-state index in [1.165, 1.54) is 6.92 Å². The van der Waals surface area contributed by atoms with Crippen LogP contribution in [0.4, 0.5) is 17.6 Å². The number of benzene rings is 1. The van der Waals surface area contributed by atoms with Gasteiger partial charge in [-0.1, -0.05) is 30.3 Å². The molecule has 3 nitrogen and oxygen atoms in total. The minimum absolute atomic E-state index is 0.118. The van der Waals surface area contributed by atoms with Gasteiger partial charge in [0.2, 0.25) is 5.95 Å². The zero-order valence-electron chi connectivity index (χ0n) is 11.8. The lowest BCUT2D eigenvalue weighted by Crippen LogP contribution is -2.16. The summed E-state index contributed by atoms with van der Waals surface area (Å²) in [6.07, 6.45) is -4.97. The fourth-order valence-corrected chi connectivity index (χ4v) is 2.49. The number of alkyl halides is 3. The molecule has 2 heterocycles. The van der Waals surface area contributed by atoms with Crippen molar-refractivity contribution in [3.8, 4) is 11.3 Å². The van der Waals surface area contributed by atoms with E-state index in [2.05, 4.69) is 9.97 Å². The highest BCUT2D eigenvalue weighted by molar-refractivity contribution is 5.94. The van der Waals surface area contributed by atoms with Crippen molar-refractivity contribution >= 4 is 10.9 Å². The zero-order valence-corrected chi connectivity index (χ0v) is 11.8. The van der Waals surface area contributed by atoms with Gasteiger partial charge in [-0.2, -0.15) is 17.6 Å². The lowest BCUT2D eigenvalue weighted by atomic mass is 10.0. The average Bonchev–Trinajstić information content (AvgIpc) is 2.45. The molecule has 0 fully saturated rings. The van der Waals surface area contributed by atoms with Crippen LogP contribution in [0.15, 0.2) is 41.2 Å². The number of rotatable bonds is 1. The number of halogens is 4. The fraction of sp³-hybridized carbons (Fsp3) is 0.125. The SMILES string of the molecule is Cc1cc(=O)c2c(-c3ccccc3)nc(F)c(C(F)(F)F)c2[nH]1. The van der Waals surface area contributed by atoms with Crippen molar-refractivity contribution in [2.45, 2.75) is 13.1 Å². The van der Waals surface area contributed by atoms with Gasteiger partial charge in [-0.3, -0.25) is 4.79 Å². The molecule has 0 saturated carbocycles. The van der Waals surface area contributed by atoms with Gasteiger partial charge in [-0.05, 0) is 6.92 Å². The van der Waals surface area contributed by atoms with Gasteiger partial charge in [-0.25, -0.2) is 4.98 Å². The van der Waals surface area contributed by atoms with Gasteiger partial charge in [0, 0.05) is 17.3 Å². The summed E-state index contributed by atoms with van der Waals surface area (Å²) in [6, 6.07) is 9.21. The topological polar surface area (TPSA) is 45.8 Å². The van der Waals surface area contributed by atoms with Gasteiger partial charge < -0.3 is 4.98 Å². The third-order valence-corrected chi connectivity index (χ3v) is 3.40. The molecule has 1 N–H and O–H groups in total. The van der Waals surface area contributed by atoms with E-state index in [9.17, 15) is 22.4 Å². The van der Waals surface area contributed by atoms with E-state index in [1.807, 2.05) is 0 Å². The van der Waals surface area contributed by atoms with E-state index >= 15 is 0 Å². The third kappa shape index (κ3) is 2.58. The highest BCUT2D eigenvalue weighted by atomic mass is 19.4. The molecule has 1 aromatic carbocycles. The first-order valence-electron chi connectivity index (χ1n) is 6.65. The molecule has 23 heavy (non-hydrogen) atoms. The van der Waals surface area contributed by atoms with Crippen LogP contribution in [0.3, 0.4) is 0 Å². The Morgan fingerprint density at radius 1 is 1.13 bits per heavy atom. The van der Waals surface area contributed by atoms with E-state index in [-0.39, 0.29) is 16.8 Å². The lowest BCUT2D eigenvalue weighted by Gasteiger charge is -2.14. The second-order valence-electron chi connectivity index (χ2n) is 5.06. The van der Waals surface area contributed by atoms with Crippen LogP contribution < -0.4 is 5.43 Å². The Hall–Kier alpha value is -2.70. The second-order valence-corrected chi connectivity index (χ2v) is 5.06. The normalized spacial score (nSPS) is 11.9. The average molecular weight is 322 g/mol. The predicted molar refractivity (Wildman–Crippen MR) is 77.5 cm³/mol. The maximum atomic E-state index is 14.1. The molecule has 2 aromatic heterocycles. The minimum Gasteiger partial charge on any atom is -0.358 e. The molecule has 3 aromatic rings. The summed E-state index contributed by atoms with van der Waals surface area (Å²) in [5.41, 5.74) is -2.35. The third-order valence-electron chi connectivity index (χ3n) is 3.40. The van der Waals surface area contributed by atoms with Gasteiger partial charge >= 0.3 is 6.18 Å². The maximum absolute atomic E-state index is 14.1. The van der Waals surface area contributed by atoms with E-state index in [1.54, 1.807) is 30.3 Å². The molecule has 0 unspecified atom stereocenters. The maximum Gasteiger partial charge on any atom is 0.422 e. The van der Waals surface area contributed by atoms with Crippen molar-refractivity contribution in [2.75, 3.05) is 0 Å². The first-order chi connectivity index (χ1) is 10.8. The molecule has 0 amide bonds. The molecule has 7 heteroatoms. The van der Waals surface area contributed by atoms with Crippen LogP contribution in [0.5, 0.6) is 0 Å². The number of hydrogen-bond donors (Lipinski definition) is 1. The predicted octanol–water partition coefficient (Wildman–Crippen LogP) is 4.06. The summed E-state index contributed by atoms with van der Waals surface area (Å²) < 4.78 is 53.6. The first-order valence-corrected chi connectivity index (χ1v) is 6.65. The molecule has 0 atom stereocenters. The highest BCUT2D eigenvalue weighted by Crippen LogP contribution is 2.37. The summed E-state index contributed by atoms with van der Waals surface area (Å²) >= 11 is 0. The van der Waals surface area contributed by atoms with Crippen LogP contribution in [0.2, 0.25) is 0 Å². The molecule has 118 valence electrons. The summed E-state index contributed by atoms with van der Waals surface area (Å²) in [4.78, 5) is 18.1. The summed E-state index contributed by atoms with van der Waals surface area (Å²) in [5.74, 6) is -1.66. The van der Waals surface area contributed by atoms with E-state index in [4.69, 9.17) is 0 Å². The Morgan fingerprint density at radius 3 is 2.39 bits per heavy atom. The number of nitrogens with one attached hydrogen (secondary N) is 1. The van der Waals surface area contributed by atoms with Gasteiger partial charge in [0.15, 0.2) is 5.43 Å². The Kier molecular flexibility index (Phi) is 3.43. The minimum atomic E-state index is -4.97. The number of aryl methyl sites for hydroxylation is 1.